The summed E-state index contributed by atoms with van der Waals surface area (Å²) in [5.74, 6) is 1.73. The minimum atomic E-state index is -0.715. The van der Waals surface area contributed by atoms with Crippen molar-refractivity contribution < 1.29 is 19.1 Å². The van der Waals surface area contributed by atoms with Crippen molar-refractivity contribution in [1.82, 2.24) is 5.43 Å². The number of hydrogen-bond acceptors (Lipinski definition) is 6. The molecule has 0 bridgehead atoms. The van der Waals surface area contributed by atoms with Gasteiger partial charge in [-0.3, -0.25) is 4.79 Å². The number of benzene rings is 1. The molecule has 7 nitrogen and oxygen atoms in total. The molecule has 1 amide bonds. The number of rotatable bonds is 9. The molecular weight excluding hydrogens is 334 g/mol. The van der Waals surface area contributed by atoms with Gasteiger partial charge in [0.15, 0.2) is 5.88 Å². The Hall–Kier alpha value is -2.80. The second kappa shape index (κ2) is 9.62. The van der Waals surface area contributed by atoms with Crippen molar-refractivity contribution in [3.8, 4) is 5.75 Å². The van der Waals surface area contributed by atoms with Gasteiger partial charge in [-0.15, -0.1) is 0 Å². The fourth-order valence-corrected chi connectivity index (χ4v) is 2.26. The Morgan fingerprint density at radius 1 is 1.31 bits per heavy atom. The summed E-state index contributed by atoms with van der Waals surface area (Å²) in [5, 5.41) is 14.0. The molecule has 2 rings (SSSR count). The Bertz CT molecular complexity index is 723. The molecule has 1 aromatic heterocycles. The van der Waals surface area contributed by atoms with Crippen LogP contribution in [0.15, 0.2) is 45.9 Å². The van der Waals surface area contributed by atoms with E-state index in [9.17, 15) is 9.90 Å². The average molecular weight is 359 g/mol. The molecule has 7 heteroatoms. The second-order valence-electron chi connectivity index (χ2n) is 5.92. The Labute approximate surface area is 153 Å². The largest absolute Gasteiger partial charge is 0.494 e. The molecule has 0 aliphatic heterocycles. The molecule has 2 aromatic rings. The number of aliphatic hydroxyl groups excluding tert-OH is 1. The van der Waals surface area contributed by atoms with E-state index in [0.29, 0.717) is 24.7 Å². The fraction of sp³-hybridized carbons (Fsp3) is 0.368. The van der Waals surface area contributed by atoms with Gasteiger partial charge >= 0.3 is 0 Å². The first-order valence-electron chi connectivity index (χ1n) is 8.49. The summed E-state index contributed by atoms with van der Waals surface area (Å²) >= 11 is 0. The highest BCUT2D eigenvalue weighted by molar-refractivity contribution is 5.80. The number of furan rings is 1. The van der Waals surface area contributed by atoms with E-state index in [-0.39, 0.29) is 12.3 Å². The molecule has 0 aliphatic carbocycles. The number of carbonyl (C=O) groups excluding carboxylic acids is 1. The first-order valence-corrected chi connectivity index (χ1v) is 8.49. The lowest BCUT2D eigenvalue weighted by Crippen LogP contribution is -2.18. The minimum absolute atomic E-state index is 0.160. The number of carbonyl (C=O) groups is 1. The Balaban J connectivity index is 1.75. The maximum Gasteiger partial charge on any atom is 0.240 e. The molecule has 1 atom stereocenters. The lowest BCUT2D eigenvalue weighted by atomic mass is 10.0. The predicted molar refractivity (Wildman–Crippen MR) is 101 cm³/mol. The van der Waals surface area contributed by atoms with E-state index in [4.69, 9.17) is 9.15 Å². The van der Waals surface area contributed by atoms with Crippen molar-refractivity contribution in [3.63, 3.8) is 0 Å². The van der Waals surface area contributed by atoms with E-state index >= 15 is 0 Å². The van der Waals surface area contributed by atoms with Gasteiger partial charge in [0, 0.05) is 26.6 Å². The molecule has 1 heterocycles. The number of nitrogens with one attached hydrogen (secondary N) is 1. The zero-order valence-corrected chi connectivity index (χ0v) is 15.3. The van der Waals surface area contributed by atoms with Crippen molar-refractivity contribution in [2.24, 2.45) is 5.10 Å². The second-order valence-corrected chi connectivity index (χ2v) is 5.92. The van der Waals surface area contributed by atoms with Gasteiger partial charge in [0.1, 0.15) is 11.5 Å². The summed E-state index contributed by atoms with van der Waals surface area (Å²) in [6, 6.07) is 10.8. The maximum absolute atomic E-state index is 11.8. The van der Waals surface area contributed by atoms with Gasteiger partial charge < -0.3 is 19.2 Å². The summed E-state index contributed by atoms with van der Waals surface area (Å²) in [7, 11) is 3.74. The van der Waals surface area contributed by atoms with E-state index in [2.05, 4.69) is 10.5 Å². The van der Waals surface area contributed by atoms with Gasteiger partial charge in [-0.1, -0.05) is 12.1 Å². The van der Waals surface area contributed by atoms with Crippen LogP contribution in [0.5, 0.6) is 5.75 Å². The molecule has 26 heavy (non-hydrogen) atoms. The average Bonchev–Trinajstić information content (AvgIpc) is 3.10. The van der Waals surface area contributed by atoms with Crippen LogP contribution in [0.4, 0.5) is 5.88 Å². The van der Waals surface area contributed by atoms with Crippen molar-refractivity contribution in [2.45, 2.75) is 25.9 Å². The quantitative estimate of drug-likeness (QED) is 0.531. The lowest BCUT2D eigenvalue weighted by molar-refractivity contribution is -0.121. The van der Waals surface area contributed by atoms with Crippen LogP contribution in [-0.4, -0.2) is 37.9 Å². The van der Waals surface area contributed by atoms with Crippen LogP contribution in [0.1, 0.15) is 37.2 Å². The highest BCUT2D eigenvalue weighted by Crippen LogP contribution is 2.21. The SMILES string of the molecule is CCOc1ccc([C@@H](O)CCC(=O)N/N=C\c2ccc(N(C)C)o2)cc1. The molecule has 0 fully saturated rings. The number of aliphatic hydroxyl groups is 1. The molecular formula is C19H25N3O4. The molecule has 2 N–H and O–H groups in total. The van der Waals surface area contributed by atoms with Crippen LogP contribution in [0, 0.1) is 0 Å². The standard InChI is InChI=1S/C19H25N3O4/c1-4-25-15-7-5-14(6-8-15)17(23)10-11-18(24)21-20-13-16-9-12-19(26-16)22(2)3/h5-9,12-13,17,23H,4,10-11H2,1-3H3,(H,21,24)/b20-13-/t17-/m0/s1. The lowest BCUT2D eigenvalue weighted by Gasteiger charge is -2.11. The van der Waals surface area contributed by atoms with E-state index in [0.717, 1.165) is 11.3 Å². The van der Waals surface area contributed by atoms with E-state index in [1.165, 1.54) is 6.21 Å². The molecule has 0 aliphatic rings. The van der Waals surface area contributed by atoms with Crippen LogP contribution in [0.25, 0.3) is 0 Å². The molecule has 1 aromatic carbocycles. The van der Waals surface area contributed by atoms with Gasteiger partial charge in [-0.2, -0.15) is 5.10 Å². The number of ether oxygens (including phenoxy) is 1. The van der Waals surface area contributed by atoms with Crippen molar-refractivity contribution in [1.29, 1.82) is 0 Å². The highest BCUT2D eigenvalue weighted by Gasteiger charge is 2.10. The molecule has 0 spiro atoms. The first kappa shape index (κ1) is 19.5. The van der Waals surface area contributed by atoms with Crippen molar-refractivity contribution in [3.05, 3.63) is 47.7 Å². The van der Waals surface area contributed by atoms with Crippen LogP contribution in [0.3, 0.4) is 0 Å². The number of nitrogens with zero attached hydrogens (tertiary/aromatic N) is 2. The van der Waals surface area contributed by atoms with Crippen LogP contribution in [0.2, 0.25) is 0 Å². The third-order valence-electron chi connectivity index (χ3n) is 3.66. The molecule has 0 saturated carbocycles. The Morgan fingerprint density at radius 3 is 2.65 bits per heavy atom. The summed E-state index contributed by atoms with van der Waals surface area (Å²) in [6.45, 7) is 2.51. The molecule has 0 saturated heterocycles. The highest BCUT2D eigenvalue weighted by atomic mass is 16.5. The number of amides is 1. The topological polar surface area (TPSA) is 87.3 Å². The van der Waals surface area contributed by atoms with E-state index in [1.807, 2.05) is 32.0 Å². The van der Waals surface area contributed by atoms with Gasteiger partial charge in [0.2, 0.25) is 5.91 Å². The van der Waals surface area contributed by atoms with Gasteiger partial charge in [0.25, 0.3) is 0 Å². The van der Waals surface area contributed by atoms with Gasteiger partial charge in [-0.05, 0) is 37.1 Å². The van der Waals surface area contributed by atoms with E-state index in [1.54, 1.807) is 30.3 Å². The van der Waals surface area contributed by atoms with Crippen LogP contribution >= 0.6 is 0 Å². The zero-order chi connectivity index (χ0) is 18.9. The molecule has 0 unspecified atom stereocenters. The van der Waals surface area contributed by atoms with Gasteiger partial charge in [0.05, 0.1) is 18.9 Å². The molecule has 140 valence electrons. The third kappa shape index (κ3) is 5.93. The van der Waals surface area contributed by atoms with Gasteiger partial charge in [-0.25, -0.2) is 5.43 Å². The zero-order valence-electron chi connectivity index (χ0n) is 15.3. The fourth-order valence-electron chi connectivity index (χ4n) is 2.26. The van der Waals surface area contributed by atoms with Crippen molar-refractivity contribution >= 4 is 18.0 Å². The normalized spacial score (nSPS) is 12.2. The summed E-state index contributed by atoms with van der Waals surface area (Å²) in [6.07, 6.45) is 1.19. The summed E-state index contributed by atoms with van der Waals surface area (Å²) in [5.41, 5.74) is 3.17. The Kier molecular flexibility index (Phi) is 7.23. The van der Waals surface area contributed by atoms with Crippen LogP contribution in [-0.2, 0) is 4.79 Å². The number of hydrogen-bond donors (Lipinski definition) is 2. The molecule has 0 radical (unpaired) electrons. The minimum Gasteiger partial charge on any atom is -0.494 e. The van der Waals surface area contributed by atoms with Crippen molar-refractivity contribution in [2.75, 3.05) is 25.6 Å². The number of anilines is 1. The third-order valence-corrected chi connectivity index (χ3v) is 3.66. The van der Waals surface area contributed by atoms with E-state index < -0.39 is 6.10 Å². The monoisotopic (exact) mass is 359 g/mol. The summed E-state index contributed by atoms with van der Waals surface area (Å²) in [4.78, 5) is 13.7. The smallest absolute Gasteiger partial charge is 0.240 e. The first-order chi connectivity index (χ1) is 12.5. The predicted octanol–water partition coefficient (Wildman–Crippen LogP) is 2.71. The Morgan fingerprint density at radius 2 is 2.04 bits per heavy atom. The maximum atomic E-state index is 11.8. The number of hydrazone groups is 1. The summed E-state index contributed by atoms with van der Waals surface area (Å²) < 4.78 is 10.8. The van der Waals surface area contributed by atoms with Crippen LogP contribution < -0.4 is 15.1 Å².